The average Bonchev–Trinajstić information content (AvgIpc) is 2.74. The SMILES string of the molecule is CCN(C)C(C(=O)NCC1(c2ccc(Cl)cc2)CCOCC1)c1ccccc1. The van der Waals surface area contributed by atoms with Crippen molar-refractivity contribution in [3.05, 3.63) is 70.7 Å². The van der Waals surface area contributed by atoms with Crippen LogP contribution < -0.4 is 5.32 Å². The van der Waals surface area contributed by atoms with Gasteiger partial charge in [-0.25, -0.2) is 0 Å². The Labute approximate surface area is 172 Å². The van der Waals surface area contributed by atoms with Gasteiger partial charge in [0.25, 0.3) is 0 Å². The third kappa shape index (κ3) is 4.75. The van der Waals surface area contributed by atoms with Gasteiger partial charge in [-0.05, 0) is 49.7 Å². The maximum absolute atomic E-state index is 13.2. The molecule has 3 rings (SSSR count). The summed E-state index contributed by atoms with van der Waals surface area (Å²) in [6, 6.07) is 17.7. The fourth-order valence-corrected chi connectivity index (χ4v) is 4.04. The zero-order chi connectivity index (χ0) is 20.0. The van der Waals surface area contributed by atoms with Crippen LogP contribution in [0.5, 0.6) is 0 Å². The molecule has 1 aliphatic rings. The van der Waals surface area contributed by atoms with Crippen molar-refractivity contribution in [2.75, 3.05) is 33.4 Å². The quantitative estimate of drug-likeness (QED) is 0.757. The molecule has 4 nitrogen and oxygen atoms in total. The van der Waals surface area contributed by atoms with E-state index in [1.807, 2.05) is 49.5 Å². The Bertz CT molecular complexity index is 758. The number of hydrogen-bond donors (Lipinski definition) is 1. The summed E-state index contributed by atoms with van der Waals surface area (Å²) < 4.78 is 5.60. The summed E-state index contributed by atoms with van der Waals surface area (Å²) in [5.74, 6) is 0.0374. The molecular formula is C23H29ClN2O2. The van der Waals surface area contributed by atoms with Gasteiger partial charge >= 0.3 is 0 Å². The van der Waals surface area contributed by atoms with Gasteiger partial charge in [-0.3, -0.25) is 9.69 Å². The summed E-state index contributed by atoms with van der Waals surface area (Å²) in [5, 5.41) is 3.98. The molecule has 1 saturated heterocycles. The average molecular weight is 401 g/mol. The van der Waals surface area contributed by atoms with E-state index >= 15 is 0 Å². The Morgan fingerprint density at radius 1 is 1.14 bits per heavy atom. The predicted molar refractivity (Wildman–Crippen MR) is 114 cm³/mol. The van der Waals surface area contributed by atoms with E-state index in [0.717, 1.165) is 30.0 Å². The molecule has 0 saturated carbocycles. The largest absolute Gasteiger partial charge is 0.381 e. The maximum atomic E-state index is 13.2. The van der Waals surface area contributed by atoms with Crippen molar-refractivity contribution >= 4 is 17.5 Å². The number of likely N-dealkylation sites (N-methyl/N-ethyl adjacent to an activating group) is 1. The summed E-state index contributed by atoms with van der Waals surface area (Å²) >= 11 is 6.08. The first kappa shape index (κ1) is 20.8. The van der Waals surface area contributed by atoms with Crippen molar-refractivity contribution in [2.45, 2.75) is 31.2 Å². The van der Waals surface area contributed by atoms with Gasteiger partial charge in [-0.1, -0.05) is 61.0 Å². The Hall–Kier alpha value is -1.88. The molecule has 0 radical (unpaired) electrons. The van der Waals surface area contributed by atoms with E-state index in [9.17, 15) is 4.79 Å². The van der Waals surface area contributed by atoms with E-state index in [0.29, 0.717) is 19.8 Å². The molecule has 1 atom stereocenters. The van der Waals surface area contributed by atoms with Crippen LogP contribution in [0.15, 0.2) is 54.6 Å². The van der Waals surface area contributed by atoms with Gasteiger partial charge in [-0.15, -0.1) is 0 Å². The highest BCUT2D eigenvalue weighted by Gasteiger charge is 2.36. The Morgan fingerprint density at radius 2 is 1.79 bits per heavy atom. The van der Waals surface area contributed by atoms with Crippen LogP contribution in [0.2, 0.25) is 5.02 Å². The third-order valence-corrected chi connectivity index (χ3v) is 6.06. The van der Waals surface area contributed by atoms with E-state index in [-0.39, 0.29) is 17.4 Å². The normalized spacial score (nSPS) is 17.3. The number of benzene rings is 2. The minimum atomic E-state index is -0.298. The molecule has 2 aromatic carbocycles. The van der Waals surface area contributed by atoms with Crippen LogP contribution in [0.4, 0.5) is 0 Å². The lowest BCUT2D eigenvalue weighted by molar-refractivity contribution is -0.126. The molecule has 0 spiro atoms. The van der Waals surface area contributed by atoms with Crippen molar-refractivity contribution in [2.24, 2.45) is 0 Å². The molecule has 28 heavy (non-hydrogen) atoms. The first-order valence-electron chi connectivity index (χ1n) is 9.92. The zero-order valence-electron chi connectivity index (χ0n) is 16.7. The number of nitrogens with one attached hydrogen (secondary N) is 1. The van der Waals surface area contributed by atoms with Crippen molar-refractivity contribution in [1.82, 2.24) is 10.2 Å². The van der Waals surface area contributed by atoms with E-state index in [1.165, 1.54) is 5.56 Å². The number of carbonyl (C=O) groups is 1. The Kier molecular flexibility index (Phi) is 7.11. The summed E-state index contributed by atoms with van der Waals surface area (Å²) in [7, 11) is 1.99. The van der Waals surface area contributed by atoms with E-state index in [4.69, 9.17) is 16.3 Å². The highest BCUT2D eigenvalue weighted by Crippen LogP contribution is 2.35. The molecule has 150 valence electrons. The molecule has 1 amide bonds. The minimum Gasteiger partial charge on any atom is -0.381 e. The fourth-order valence-electron chi connectivity index (χ4n) is 3.91. The molecule has 1 heterocycles. The first-order chi connectivity index (χ1) is 13.6. The number of carbonyl (C=O) groups excluding carboxylic acids is 1. The van der Waals surface area contributed by atoms with Crippen LogP contribution >= 0.6 is 11.6 Å². The summed E-state index contributed by atoms with van der Waals surface area (Å²) in [4.78, 5) is 15.3. The monoisotopic (exact) mass is 400 g/mol. The van der Waals surface area contributed by atoms with Gasteiger partial charge in [0, 0.05) is 30.2 Å². The van der Waals surface area contributed by atoms with E-state index < -0.39 is 0 Å². The summed E-state index contributed by atoms with van der Waals surface area (Å²) in [6.07, 6.45) is 1.77. The summed E-state index contributed by atoms with van der Waals surface area (Å²) in [6.45, 7) is 4.86. The van der Waals surface area contributed by atoms with E-state index in [1.54, 1.807) is 0 Å². The first-order valence-corrected chi connectivity index (χ1v) is 10.3. The van der Waals surface area contributed by atoms with Gasteiger partial charge in [0.1, 0.15) is 6.04 Å². The van der Waals surface area contributed by atoms with Crippen LogP contribution in [0.25, 0.3) is 0 Å². The maximum Gasteiger partial charge on any atom is 0.241 e. The van der Waals surface area contributed by atoms with Crippen molar-refractivity contribution < 1.29 is 9.53 Å². The molecule has 1 fully saturated rings. The molecular weight excluding hydrogens is 372 g/mol. The molecule has 1 N–H and O–H groups in total. The number of halogens is 1. The Balaban J connectivity index is 1.79. The van der Waals surface area contributed by atoms with Gasteiger partial charge in [0.15, 0.2) is 0 Å². The van der Waals surface area contributed by atoms with Crippen LogP contribution in [0.3, 0.4) is 0 Å². The predicted octanol–water partition coefficient (Wildman–Crippen LogP) is 4.20. The lowest BCUT2D eigenvalue weighted by Gasteiger charge is -2.38. The van der Waals surface area contributed by atoms with E-state index in [2.05, 4.69) is 29.3 Å². The highest BCUT2D eigenvalue weighted by atomic mass is 35.5. The van der Waals surface area contributed by atoms with Crippen LogP contribution in [-0.4, -0.2) is 44.2 Å². The second kappa shape index (κ2) is 9.55. The molecule has 1 unspecified atom stereocenters. The van der Waals surface area contributed by atoms with Crippen LogP contribution in [-0.2, 0) is 14.9 Å². The van der Waals surface area contributed by atoms with Gasteiger partial charge < -0.3 is 10.1 Å². The lowest BCUT2D eigenvalue weighted by atomic mass is 9.74. The number of ether oxygens (including phenoxy) is 1. The zero-order valence-corrected chi connectivity index (χ0v) is 17.4. The highest BCUT2D eigenvalue weighted by molar-refractivity contribution is 6.30. The topological polar surface area (TPSA) is 41.6 Å². The molecule has 0 aromatic heterocycles. The van der Waals surface area contributed by atoms with Crippen LogP contribution in [0.1, 0.15) is 36.9 Å². The summed E-state index contributed by atoms with van der Waals surface area (Å²) in [5.41, 5.74) is 2.10. The molecule has 5 heteroatoms. The standard InChI is InChI=1S/C23H29ClN2O2/c1-3-26(2)21(18-7-5-4-6-8-18)22(27)25-17-23(13-15-28-16-14-23)19-9-11-20(24)12-10-19/h4-12,21H,3,13-17H2,1-2H3,(H,25,27). The number of hydrogen-bond acceptors (Lipinski definition) is 3. The van der Waals surface area contributed by atoms with Crippen molar-refractivity contribution in [3.63, 3.8) is 0 Å². The fraction of sp³-hybridized carbons (Fsp3) is 0.435. The number of amides is 1. The number of rotatable bonds is 7. The smallest absolute Gasteiger partial charge is 0.241 e. The molecule has 2 aromatic rings. The second-order valence-corrected chi connectivity index (χ2v) is 7.94. The van der Waals surface area contributed by atoms with Crippen LogP contribution in [0, 0.1) is 0 Å². The Morgan fingerprint density at radius 3 is 2.39 bits per heavy atom. The van der Waals surface area contributed by atoms with Crippen molar-refractivity contribution in [1.29, 1.82) is 0 Å². The van der Waals surface area contributed by atoms with Crippen molar-refractivity contribution in [3.8, 4) is 0 Å². The second-order valence-electron chi connectivity index (χ2n) is 7.50. The molecule has 1 aliphatic heterocycles. The molecule has 0 aliphatic carbocycles. The van der Waals surface area contributed by atoms with Gasteiger partial charge in [0.2, 0.25) is 5.91 Å². The van der Waals surface area contributed by atoms with Gasteiger partial charge in [-0.2, -0.15) is 0 Å². The van der Waals surface area contributed by atoms with Gasteiger partial charge in [0.05, 0.1) is 0 Å². The lowest BCUT2D eigenvalue weighted by Crippen LogP contribution is -2.47. The molecule has 0 bridgehead atoms. The number of nitrogens with zero attached hydrogens (tertiary/aromatic N) is 1. The minimum absolute atomic E-state index is 0.0374. The third-order valence-electron chi connectivity index (χ3n) is 5.81.